The van der Waals surface area contributed by atoms with Gasteiger partial charge in [0.15, 0.2) is 6.29 Å². The summed E-state index contributed by atoms with van der Waals surface area (Å²) in [6.45, 7) is 0. The highest BCUT2D eigenvalue weighted by atomic mass is 16.4. The molecule has 0 N–H and O–H groups in total. The average molecular weight is 72.0 g/mol. The fourth-order valence-corrected chi connectivity index (χ4v) is 0.0248. The van der Waals surface area contributed by atoms with E-state index in [2.05, 4.69) is 5.16 Å². The molecule has 27 valence electrons. The first-order valence-electron chi connectivity index (χ1n) is 1.01. The lowest BCUT2D eigenvalue weighted by molar-refractivity contribution is -0.102. The highest BCUT2D eigenvalue weighted by molar-refractivity contribution is 6.12. The second-order valence-electron chi connectivity index (χ2n) is 0.391. The zero-order valence-electron chi connectivity index (χ0n) is 2.42. The van der Waals surface area contributed by atoms with Crippen LogP contribution in [0, 0.1) is 0 Å². The molecule has 0 saturated heterocycles. The van der Waals surface area contributed by atoms with E-state index in [1.807, 2.05) is 0 Å². The first-order valence-corrected chi connectivity index (χ1v) is 1.01. The highest BCUT2D eigenvalue weighted by Gasteiger charge is 1.54. The van der Waals surface area contributed by atoms with E-state index in [4.69, 9.17) is 10.0 Å². The number of aldehydes is 1. The molecule has 0 aromatic heterocycles. The molecule has 3 heteroatoms. The first-order chi connectivity index (χ1) is 2.41. The Kier molecular flexibility index (Phi) is 2.60. The summed E-state index contributed by atoms with van der Waals surface area (Å²) in [6, 6.07) is 0. The molecule has 3 nitrogen and oxygen atoms in total. The maximum atomic E-state index is 9.06. The average Bonchev–Trinajstić information content (AvgIpc) is 1.41. The molecular formula is C2H2NO2. The van der Waals surface area contributed by atoms with Gasteiger partial charge in [0.05, 0.1) is 0 Å². The van der Waals surface area contributed by atoms with E-state index in [-0.39, 0.29) is 0 Å². The molecule has 1 radical (unpaired) electrons. The quantitative estimate of drug-likeness (QED) is 0.236. The van der Waals surface area contributed by atoms with Crippen LogP contribution in [0.4, 0.5) is 0 Å². The summed E-state index contributed by atoms with van der Waals surface area (Å²) in [7, 11) is 0. The number of carbonyl (C=O) groups excluding carboxylic acids is 1. The summed E-state index contributed by atoms with van der Waals surface area (Å²) in [6.07, 6.45) is 0.965. The van der Waals surface area contributed by atoms with Crippen molar-refractivity contribution in [3.63, 3.8) is 0 Å². The second-order valence-corrected chi connectivity index (χ2v) is 0.391. The van der Waals surface area contributed by atoms with Crippen LogP contribution in [0.3, 0.4) is 0 Å². The number of hydrogen-bond donors (Lipinski definition) is 0. The van der Waals surface area contributed by atoms with Crippen LogP contribution in [0.1, 0.15) is 0 Å². The number of carbonyl (C=O) groups is 1. The Bertz CT molecular complexity index is 49.6. The molecule has 0 unspecified atom stereocenters. The van der Waals surface area contributed by atoms with Crippen molar-refractivity contribution in [2.75, 3.05) is 0 Å². The monoisotopic (exact) mass is 72.0 g/mol. The lowest BCUT2D eigenvalue weighted by atomic mass is 10.9. The minimum atomic E-state index is 0.326. The van der Waals surface area contributed by atoms with Crippen LogP contribution in [0.5, 0.6) is 0 Å². The Morgan fingerprint density at radius 1 is 1.60 bits per heavy atom. The van der Waals surface area contributed by atoms with Crippen molar-refractivity contribution < 1.29 is 10.0 Å². The van der Waals surface area contributed by atoms with Crippen LogP contribution in [0.15, 0.2) is 5.16 Å². The number of rotatable bonds is 1. The fourth-order valence-electron chi connectivity index (χ4n) is 0.0248. The molecule has 0 aromatic carbocycles. The highest BCUT2D eigenvalue weighted by Crippen LogP contribution is 1.39. The van der Waals surface area contributed by atoms with Crippen LogP contribution in [0.2, 0.25) is 0 Å². The molecule has 0 rings (SSSR count). The SMILES string of the molecule is [O]/N=C\C=O. The smallest absolute Gasteiger partial charge is 0.164 e. The summed E-state index contributed by atoms with van der Waals surface area (Å²) >= 11 is 0. The molecule has 0 aliphatic rings. The van der Waals surface area contributed by atoms with Crippen LogP contribution >= 0.6 is 0 Å². The van der Waals surface area contributed by atoms with Crippen molar-refractivity contribution in [2.24, 2.45) is 5.16 Å². The second kappa shape index (κ2) is 3.14. The van der Waals surface area contributed by atoms with Gasteiger partial charge in [-0.2, -0.15) is 0 Å². The summed E-state index contributed by atoms with van der Waals surface area (Å²) < 4.78 is 0. The molecule has 0 atom stereocenters. The Morgan fingerprint density at radius 3 is 2.20 bits per heavy atom. The molecule has 0 heterocycles. The van der Waals surface area contributed by atoms with Gasteiger partial charge in [0.2, 0.25) is 0 Å². The summed E-state index contributed by atoms with van der Waals surface area (Å²) in [5.74, 6) is 0. The minimum absolute atomic E-state index is 0.326. The van der Waals surface area contributed by atoms with Gasteiger partial charge in [0.25, 0.3) is 0 Å². The standard InChI is InChI=1S/C2H2NO2/c4-2-1-3-5/h1-2H/b3-1-. The summed E-state index contributed by atoms with van der Waals surface area (Å²) in [5.41, 5.74) is 0. The topological polar surface area (TPSA) is 49.3 Å². The fraction of sp³-hybridized carbons (Fsp3) is 0. The molecule has 0 amide bonds. The van der Waals surface area contributed by atoms with E-state index in [0.29, 0.717) is 12.5 Å². The molecule has 0 aromatic rings. The lowest BCUT2D eigenvalue weighted by Gasteiger charge is -1.46. The van der Waals surface area contributed by atoms with Gasteiger partial charge in [0.1, 0.15) is 6.21 Å². The van der Waals surface area contributed by atoms with Gasteiger partial charge >= 0.3 is 0 Å². The largest absolute Gasteiger partial charge is 0.297 e. The number of hydrogen-bond acceptors (Lipinski definition) is 2. The molecule has 0 aliphatic carbocycles. The van der Waals surface area contributed by atoms with E-state index in [0.717, 1.165) is 0 Å². The van der Waals surface area contributed by atoms with Crippen molar-refractivity contribution in [1.82, 2.24) is 0 Å². The van der Waals surface area contributed by atoms with Gasteiger partial charge < -0.3 is 0 Å². The third kappa shape index (κ3) is 3.14. The number of nitrogens with zero attached hydrogens (tertiary/aromatic N) is 1. The van der Waals surface area contributed by atoms with E-state index in [9.17, 15) is 0 Å². The zero-order chi connectivity index (χ0) is 4.12. The van der Waals surface area contributed by atoms with Crippen molar-refractivity contribution in [3.8, 4) is 0 Å². The Balaban J connectivity index is 2.92. The van der Waals surface area contributed by atoms with Crippen molar-refractivity contribution in [1.29, 1.82) is 0 Å². The van der Waals surface area contributed by atoms with Gasteiger partial charge in [-0.1, -0.05) is 0 Å². The normalized spacial score (nSPS) is 8.80. The molecule has 0 spiro atoms. The van der Waals surface area contributed by atoms with Crippen molar-refractivity contribution in [3.05, 3.63) is 0 Å². The predicted molar refractivity (Wildman–Crippen MR) is 15.2 cm³/mol. The van der Waals surface area contributed by atoms with Crippen LogP contribution in [-0.4, -0.2) is 12.5 Å². The molecule has 0 bridgehead atoms. The van der Waals surface area contributed by atoms with Crippen LogP contribution in [0.25, 0.3) is 0 Å². The van der Waals surface area contributed by atoms with E-state index < -0.39 is 0 Å². The van der Waals surface area contributed by atoms with Gasteiger partial charge in [0, 0.05) is 0 Å². The molecule has 0 saturated carbocycles. The third-order valence-electron chi connectivity index (χ3n) is 0.122. The van der Waals surface area contributed by atoms with Crippen LogP contribution in [-0.2, 0) is 10.0 Å². The van der Waals surface area contributed by atoms with Crippen molar-refractivity contribution in [2.45, 2.75) is 0 Å². The first kappa shape index (κ1) is 4.14. The van der Waals surface area contributed by atoms with E-state index in [1.54, 1.807) is 0 Å². The predicted octanol–water partition coefficient (Wildman–Crippen LogP) is -0.398. The van der Waals surface area contributed by atoms with Gasteiger partial charge in [-0.3, -0.25) is 4.79 Å². The maximum Gasteiger partial charge on any atom is 0.164 e. The van der Waals surface area contributed by atoms with Gasteiger partial charge in [-0.25, -0.2) is 0 Å². The lowest BCUT2D eigenvalue weighted by Crippen LogP contribution is -1.66. The Hall–Kier alpha value is -0.860. The molecule has 0 fully saturated rings. The molecule has 5 heavy (non-hydrogen) atoms. The summed E-state index contributed by atoms with van der Waals surface area (Å²) in [5, 5.41) is 11.0. The zero-order valence-corrected chi connectivity index (χ0v) is 2.42. The maximum absolute atomic E-state index is 9.06. The molecule has 0 aliphatic heterocycles. The Morgan fingerprint density at radius 2 is 2.20 bits per heavy atom. The van der Waals surface area contributed by atoms with Gasteiger partial charge in [-0.05, 0) is 5.16 Å². The van der Waals surface area contributed by atoms with E-state index in [1.165, 1.54) is 0 Å². The van der Waals surface area contributed by atoms with E-state index >= 15 is 0 Å². The molecular weight excluding hydrogens is 70.0 g/mol. The van der Waals surface area contributed by atoms with Gasteiger partial charge in [-0.15, -0.1) is 5.21 Å². The summed E-state index contributed by atoms with van der Waals surface area (Å²) in [4.78, 5) is 9.06. The van der Waals surface area contributed by atoms with Crippen LogP contribution < -0.4 is 0 Å². The van der Waals surface area contributed by atoms with Crippen molar-refractivity contribution >= 4 is 12.5 Å². The third-order valence-corrected chi connectivity index (χ3v) is 0.122. The minimum Gasteiger partial charge on any atom is -0.297 e. The Labute approximate surface area is 28.9 Å².